The summed E-state index contributed by atoms with van der Waals surface area (Å²) in [5, 5.41) is 2.50. The number of hydrogen-bond acceptors (Lipinski definition) is 0. The molecule has 2 aliphatic carbocycles. The van der Waals surface area contributed by atoms with Gasteiger partial charge in [0, 0.05) is 5.57 Å². The second kappa shape index (κ2) is 9.59. The molecular formula is C43H30. The summed E-state index contributed by atoms with van der Waals surface area (Å²) in [7, 11) is 0. The number of aryl methyl sites for hydroxylation is 1. The quantitative estimate of drug-likeness (QED) is 0.194. The molecule has 0 N–H and O–H groups in total. The molecule has 0 aliphatic heterocycles. The van der Waals surface area contributed by atoms with E-state index in [4.69, 9.17) is 6.42 Å². The van der Waals surface area contributed by atoms with E-state index in [-0.39, 0.29) is 0 Å². The molecule has 0 bridgehead atoms. The van der Waals surface area contributed by atoms with Crippen LogP contribution in [0, 0.1) is 19.3 Å². The van der Waals surface area contributed by atoms with Crippen molar-refractivity contribution in [1.82, 2.24) is 0 Å². The van der Waals surface area contributed by atoms with Crippen LogP contribution in [0.1, 0.15) is 34.7 Å². The van der Waals surface area contributed by atoms with Crippen LogP contribution in [0.2, 0.25) is 0 Å². The highest BCUT2D eigenvalue weighted by atomic mass is 14.5. The summed E-state index contributed by atoms with van der Waals surface area (Å²) >= 11 is 0. The molecule has 0 unspecified atom stereocenters. The normalized spacial score (nSPS) is 14.3. The third-order valence-electron chi connectivity index (χ3n) is 9.38. The van der Waals surface area contributed by atoms with Gasteiger partial charge in [-0.25, -0.2) is 0 Å². The molecule has 0 radical (unpaired) electrons. The third-order valence-corrected chi connectivity index (χ3v) is 9.38. The molecule has 1 spiro atoms. The minimum atomic E-state index is -0.479. The zero-order valence-electron chi connectivity index (χ0n) is 24.4. The van der Waals surface area contributed by atoms with Crippen LogP contribution >= 0.6 is 0 Å². The number of benzene rings is 6. The highest BCUT2D eigenvalue weighted by Gasteiger charge is 2.52. The monoisotopic (exact) mass is 546 g/mol. The van der Waals surface area contributed by atoms with E-state index in [0.29, 0.717) is 0 Å². The maximum atomic E-state index is 6.34. The Morgan fingerprint density at radius 3 is 1.93 bits per heavy atom. The van der Waals surface area contributed by atoms with E-state index in [1.165, 1.54) is 72.0 Å². The van der Waals surface area contributed by atoms with Gasteiger partial charge >= 0.3 is 0 Å². The van der Waals surface area contributed by atoms with Crippen LogP contribution in [0.25, 0.3) is 49.7 Å². The number of fused-ring (bicyclic) bond motifs is 8. The van der Waals surface area contributed by atoms with Crippen LogP contribution in [0.15, 0.2) is 145 Å². The van der Waals surface area contributed by atoms with Crippen molar-refractivity contribution >= 4 is 16.3 Å². The van der Waals surface area contributed by atoms with E-state index in [1.54, 1.807) is 0 Å². The predicted molar refractivity (Wildman–Crippen MR) is 182 cm³/mol. The van der Waals surface area contributed by atoms with E-state index in [9.17, 15) is 0 Å². The fraction of sp³-hybridized carbons (Fsp3) is 0.0698. The van der Waals surface area contributed by atoms with E-state index in [1.807, 2.05) is 0 Å². The largest absolute Gasteiger partial charge is 0.115 e. The van der Waals surface area contributed by atoms with Gasteiger partial charge in [0.2, 0.25) is 0 Å². The van der Waals surface area contributed by atoms with Crippen LogP contribution in [0.5, 0.6) is 0 Å². The highest BCUT2D eigenvalue weighted by molar-refractivity contribution is 6.05. The molecule has 0 amide bonds. The molecule has 2 aliphatic rings. The minimum Gasteiger partial charge on any atom is -0.115 e. The van der Waals surface area contributed by atoms with E-state index >= 15 is 0 Å². The Kier molecular flexibility index (Phi) is 5.65. The lowest BCUT2D eigenvalue weighted by molar-refractivity contribution is 0.786. The summed E-state index contributed by atoms with van der Waals surface area (Å²) in [6.07, 6.45) is 10.7. The van der Waals surface area contributed by atoms with Gasteiger partial charge in [-0.15, -0.1) is 6.42 Å². The summed E-state index contributed by atoms with van der Waals surface area (Å²) in [5.41, 5.74) is 15.4. The average molecular weight is 547 g/mol. The first-order valence-electron chi connectivity index (χ1n) is 14.9. The van der Waals surface area contributed by atoms with Crippen molar-refractivity contribution in [1.29, 1.82) is 0 Å². The number of rotatable bonds is 3. The Labute approximate surface area is 253 Å². The summed E-state index contributed by atoms with van der Waals surface area (Å²) in [4.78, 5) is 0. The van der Waals surface area contributed by atoms with Crippen LogP contribution < -0.4 is 0 Å². The van der Waals surface area contributed by atoms with Gasteiger partial charge in [-0.05, 0) is 91.9 Å². The molecule has 6 aromatic carbocycles. The van der Waals surface area contributed by atoms with Crippen LogP contribution in [0.3, 0.4) is 0 Å². The Bertz CT molecular complexity index is 2150. The zero-order chi connectivity index (χ0) is 29.1. The van der Waals surface area contributed by atoms with Crippen LogP contribution in [0.4, 0.5) is 0 Å². The maximum absolute atomic E-state index is 6.34. The van der Waals surface area contributed by atoms with Crippen molar-refractivity contribution in [2.45, 2.75) is 19.3 Å². The first kappa shape index (κ1) is 25.3. The van der Waals surface area contributed by atoms with Crippen molar-refractivity contribution in [3.05, 3.63) is 173 Å². The summed E-state index contributed by atoms with van der Waals surface area (Å²) in [5.74, 6) is 3.12. The minimum absolute atomic E-state index is 0.479. The SMILES string of the molecule is C#CC1=C(/C=C\C)C2(c3cc(-c4ccc5ccccc5c4-c4ccc(C)cc4)ccc31)c1ccccc1-c1ccccc12. The lowest BCUT2D eigenvalue weighted by Gasteiger charge is -2.31. The molecule has 0 nitrogen and oxygen atoms in total. The Hall–Kier alpha value is -5.38. The molecule has 43 heavy (non-hydrogen) atoms. The molecule has 6 aromatic rings. The fourth-order valence-electron chi connectivity index (χ4n) is 7.61. The smallest absolute Gasteiger partial charge is 0.0732 e. The summed E-state index contributed by atoms with van der Waals surface area (Å²) in [6, 6.07) is 46.8. The van der Waals surface area contributed by atoms with Gasteiger partial charge in [-0.2, -0.15) is 0 Å². The Balaban J connectivity index is 1.47. The fourth-order valence-corrected chi connectivity index (χ4v) is 7.61. The van der Waals surface area contributed by atoms with Gasteiger partial charge < -0.3 is 0 Å². The molecule has 0 saturated heterocycles. The second-order valence-electron chi connectivity index (χ2n) is 11.6. The Morgan fingerprint density at radius 2 is 1.23 bits per heavy atom. The van der Waals surface area contributed by atoms with Gasteiger partial charge in [0.05, 0.1) is 5.41 Å². The summed E-state index contributed by atoms with van der Waals surface area (Å²) < 4.78 is 0. The standard InChI is InChI=1S/C43H30/c1-4-12-38-32(5-2)37-26-24-31(27-41(37)43(38)39-17-10-8-15-35(39)36-16-9-11-18-40(36)43)34-25-23-29-13-6-7-14-33(29)42(34)30-21-19-28(3)20-22-30/h2,4,6-27H,1,3H3/b12-4-. The van der Waals surface area contributed by atoms with Gasteiger partial charge in [-0.3, -0.25) is 0 Å². The molecular weight excluding hydrogens is 516 g/mol. The van der Waals surface area contributed by atoms with Crippen molar-refractivity contribution < 1.29 is 0 Å². The van der Waals surface area contributed by atoms with Crippen molar-refractivity contribution in [3.8, 4) is 45.7 Å². The molecule has 0 saturated carbocycles. The molecule has 8 rings (SSSR count). The van der Waals surface area contributed by atoms with E-state index < -0.39 is 5.41 Å². The van der Waals surface area contributed by atoms with Crippen LogP contribution in [-0.2, 0) is 5.41 Å². The number of terminal acetylenes is 1. The van der Waals surface area contributed by atoms with Gasteiger partial charge in [0.15, 0.2) is 0 Å². The van der Waals surface area contributed by atoms with Crippen molar-refractivity contribution in [2.24, 2.45) is 0 Å². The van der Waals surface area contributed by atoms with Crippen LogP contribution in [-0.4, -0.2) is 0 Å². The number of hydrogen-bond donors (Lipinski definition) is 0. The van der Waals surface area contributed by atoms with E-state index in [0.717, 1.165) is 11.1 Å². The third kappa shape index (κ3) is 3.46. The topological polar surface area (TPSA) is 0 Å². The first-order chi connectivity index (χ1) is 21.2. The zero-order valence-corrected chi connectivity index (χ0v) is 24.4. The molecule has 0 heteroatoms. The predicted octanol–water partition coefficient (Wildman–Crippen LogP) is 10.8. The summed E-state index contributed by atoms with van der Waals surface area (Å²) in [6.45, 7) is 4.22. The second-order valence-corrected chi connectivity index (χ2v) is 11.6. The lowest BCUT2D eigenvalue weighted by atomic mass is 9.69. The van der Waals surface area contributed by atoms with E-state index in [2.05, 4.69) is 159 Å². The van der Waals surface area contributed by atoms with Gasteiger partial charge in [0.25, 0.3) is 0 Å². The molecule has 0 fully saturated rings. The molecule has 0 heterocycles. The van der Waals surface area contributed by atoms with Gasteiger partial charge in [0.1, 0.15) is 0 Å². The number of allylic oxidation sites excluding steroid dienone is 4. The molecule has 0 atom stereocenters. The molecule has 202 valence electrons. The Morgan fingerprint density at radius 1 is 0.605 bits per heavy atom. The highest BCUT2D eigenvalue weighted by Crippen LogP contribution is 2.62. The van der Waals surface area contributed by atoms with Crippen molar-refractivity contribution in [2.75, 3.05) is 0 Å². The maximum Gasteiger partial charge on any atom is 0.0732 e. The average Bonchev–Trinajstić information content (AvgIpc) is 3.51. The van der Waals surface area contributed by atoms with Gasteiger partial charge in [-0.1, -0.05) is 145 Å². The lowest BCUT2D eigenvalue weighted by Crippen LogP contribution is -2.26. The van der Waals surface area contributed by atoms with Crippen molar-refractivity contribution in [3.63, 3.8) is 0 Å². The first-order valence-corrected chi connectivity index (χ1v) is 14.9. The molecule has 0 aromatic heterocycles.